The summed E-state index contributed by atoms with van der Waals surface area (Å²) in [5.41, 5.74) is 1.40. The Morgan fingerprint density at radius 2 is 2.20 bits per heavy atom. The zero-order valence-corrected chi connectivity index (χ0v) is 13.0. The fraction of sp³-hybridized carbons (Fsp3) is 0.308. The van der Waals surface area contributed by atoms with Crippen LogP contribution in [0, 0.1) is 17.0 Å². The van der Waals surface area contributed by atoms with E-state index >= 15 is 0 Å². The van der Waals surface area contributed by atoms with Crippen molar-refractivity contribution in [3.8, 4) is 11.6 Å². The Morgan fingerprint density at radius 1 is 1.50 bits per heavy atom. The molecule has 0 saturated carbocycles. The van der Waals surface area contributed by atoms with E-state index in [0.29, 0.717) is 17.9 Å². The summed E-state index contributed by atoms with van der Waals surface area (Å²) in [7, 11) is 1.63. The standard InChI is InChI=1S/C13H14BrN3O3/c1-4-10-12(17(18)19)13(16(3)15-10)20-11-6-5-8(2)7-9(11)14/h5-7H,4H2,1-3H3. The van der Waals surface area contributed by atoms with Crippen molar-refractivity contribution in [2.24, 2.45) is 7.05 Å². The molecule has 0 unspecified atom stereocenters. The molecule has 0 bridgehead atoms. The lowest BCUT2D eigenvalue weighted by atomic mass is 10.2. The predicted molar refractivity (Wildman–Crippen MR) is 78.2 cm³/mol. The largest absolute Gasteiger partial charge is 0.433 e. The van der Waals surface area contributed by atoms with Gasteiger partial charge in [-0.3, -0.25) is 10.1 Å². The number of aromatic nitrogens is 2. The number of rotatable bonds is 4. The summed E-state index contributed by atoms with van der Waals surface area (Å²) in [5.74, 6) is 0.653. The van der Waals surface area contributed by atoms with Crippen LogP contribution in [0.2, 0.25) is 0 Å². The normalized spacial score (nSPS) is 10.6. The van der Waals surface area contributed by atoms with Gasteiger partial charge in [0.1, 0.15) is 11.4 Å². The summed E-state index contributed by atoms with van der Waals surface area (Å²) in [6.07, 6.45) is 0.475. The average molecular weight is 340 g/mol. The summed E-state index contributed by atoms with van der Waals surface area (Å²) in [6, 6.07) is 5.53. The van der Waals surface area contributed by atoms with Crippen LogP contribution in [0.1, 0.15) is 18.2 Å². The Bertz CT molecular complexity index is 667. The average Bonchev–Trinajstić information content (AvgIpc) is 2.69. The summed E-state index contributed by atoms with van der Waals surface area (Å²) >= 11 is 3.39. The highest BCUT2D eigenvalue weighted by Crippen LogP contribution is 2.37. The lowest BCUT2D eigenvalue weighted by molar-refractivity contribution is -0.386. The van der Waals surface area contributed by atoms with E-state index in [-0.39, 0.29) is 11.6 Å². The second-order valence-corrected chi connectivity index (χ2v) is 5.22. The smallest absolute Gasteiger partial charge is 0.353 e. The highest BCUT2D eigenvalue weighted by atomic mass is 79.9. The maximum Gasteiger partial charge on any atom is 0.353 e. The highest BCUT2D eigenvalue weighted by molar-refractivity contribution is 9.10. The Kier molecular flexibility index (Phi) is 4.08. The molecule has 1 aromatic heterocycles. The van der Waals surface area contributed by atoms with Gasteiger partial charge < -0.3 is 4.74 Å². The van der Waals surface area contributed by atoms with Gasteiger partial charge in [0.25, 0.3) is 5.88 Å². The van der Waals surface area contributed by atoms with Gasteiger partial charge in [-0.25, -0.2) is 4.68 Å². The predicted octanol–water partition coefficient (Wildman–Crippen LogP) is 3.75. The summed E-state index contributed by atoms with van der Waals surface area (Å²) in [4.78, 5) is 10.7. The van der Waals surface area contributed by atoms with Crippen LogP contribution in [0.25, 0.3) is 0 Å². The molecule has 0 saturated heterocycles. The zero-order chi connectivity index (χ0) is 14.9. The Balaban J connectivity index is 2.48. The third-order valence-corrected chi connectivity index (χ3v) is 3.47. The number of hydrogen-bond donors (Lipinski definition) is 0. The molecule has 2 aromatic rings. The molecule has 106 valence electrons. The number of nitro groups is 1. The van der Waals surface area contributed by atoms with Crippen molar-refractivity contribution in [3.63, 3.8) is 0 Å². The number of nitrogens with zero attached hydrogens (tertiary/aromatic N) is 3. The van der Waals surface area contributed by atoms with Crippen LogP contribution in [0.4, 0.5) is 5.69 Å². The van der Waals surface area contributed by atoms with Gasteiger partial charge in [0.15, 0.2) is 0 Å². The molecule has 2 rings (SSSR count). The van der Waals surface area contributed by atoms with Crippen molar-refractivity contribution in [2.45, 2.75) is 20.3 Å². The van der Waals surface area contributed by atoms with Crippen molar-refractivity contribution in [1.29, 1.82) is 0 Å². The van der Waals surface area contributed by atoms with Gasteiger partial charge in [0, 0.05) is 7.05 Å². The molecular formula is C13H14BrN3O3. The minimum atomic E-state index is -0.455. The summed E-state index contributed by atoms with van der Waals surface area (Å²) in [5, 5.41) is 15.3. The first-order chi connectivity index (χ1) is 9.43. The van der Waals surface area contributed by atoms with E-state index in [1.165, 1.54) is 4.68 Å². The zero-order valence-electron chi connectivity index (χ0n) is 11.4. The van der Waals surface area contributed by atoms with Gasteiger partial charge in [-0.15, -0.1) is 0 Å². The van der Waals surface area contributed by atoms with Crippen LogP contribution in [-0.2, 0) is 13.5 Å². The van der Waals surface area contributed by atoms with Gasteiger partial charge >= 0.3 is 5.69 Å². The molecular weight excluding hydrogens is 326 g/mol. The van der Waals surface area contributed by atoms with Crippen LogP contribution in [0.5, 0.6) is 11.6 Å². The van der Waals surface area contributed by atoms with Gasteiger partial charge in [0.05, 0.1) is 9.40 Å². The topological polar surface area (TPSA) is 70.2 Å². The number of benzene rings is 1. The van der Waals surface area contributed by atoms with E-state index in [9.17, 15) is 10.1 Å². The van der Waals surface area contributed by atoms with Gasteiger partial charge in [0.2, 0.25) is 0 Å². The molecule has 0 aliphatic heterocycles. The van der Waals surface area contributed by atoms with E-state index in [1.54, 1.807) is 13.1 Å². The lowest BCUT2D eigenvalue weighted by Crippen LogP contribution is -1.98. The fourth-order valence-electron chi connectivity index (χ4n) is 1.88. The van der Waals surface area contributed by atoms with Crippen LogP contribution in [0.15, 0.2) is 22.7 Å². The molecule has 0 amide bonds. The first-order valence-corrected chi connectivity index (χ1v) is 6.87. The first-order valence-electron chi connectivity index (χ1n) is 6.08. The van der Waals surface area contributed by atoms with E-state index in [1.807, 2.05) is 26.0 Å². The fourth-order valence-corrected chi connectivity index (χ4v) is 2.45. The SMILES string of the molecule is CCc1nn(C)c(Oc2ccc(C)cc2Br)c1[N+](=O)[O-]. The third kappa shape index (κ3) is 2.67. The Morgan fingerprint density at radius 3 is 2.75 bits per heavy atom. The van der Waals surface area contributed by atoms with E-state index in [2.05, 4.69) is 21.0 Å². The van der Waals surface area contributed by atoms with Gasteiger partial charge in [-0.1, -0.05) is 13.0 Å². The molecule has 1 aromatic carbocycles. The van der Waals surface area contributed by atoms with E-state index in [0.717, 1.165) is 10.0 Å². The molecule has 0 aliphatic carbocycles. The van der Waals surface area contributed by atoms with Crippen LogP contribution < -0.4 is 4.74 Å². The molecule has 1 heterocycles. The third-order valence-electron chi connectivity index (χ3n) is 2.85. The summed E-state index contributed by atoms with van der Waals surface area (Å²) < 4.78 is 7.82. The van der Waals surface area contributed by atoms with E-state index < -0.39 is 4.92 Å². The van der Waals surface area contributed by atoms with Gasteiger partial charge in [-0.05, 0) is 47.0 Å². The molecule has 0 N–H and O–H groups in total. The lowest BCUT2D eigenvalue weighted by Gasteiger charge is -2.07. The molecule has 0 radical (unpaired) electrons. The van der Waals surface area contributed by atoms with Crippen molar-refractivity contribution in [1.82, 2.24) is 9.78 Å². The first kappa shape index (κ1) is 14.5. The minimum absolute atomic E-state index is 0.0810. The van der Waals surface area contributed by atoms with Crippen LogP contribution >= 0.6 is 15.9 Å². The van der Waals surface area contributed by atoms with Crippen LogP contribution in [0.3, 0.4) is 0 Å². The summed E-state index contributed by atoms with van der Waals surface area (Å²) in [6.45, 7) is 3.77. The highest BCUT2D eigenvalue weighted by Gasteiger charge is 2.28. The molecule has 0 fully saturated rings. The van der Waals surface area contributed by atoms with Gasteiger partial charge in [-0.2, -0.15) is 5.10 Å². The molecule has 0 aliphatic rings. The Hall–Kier alpha value is -1.89. The van der Waals surface area contributed by atoms with Crippen molar-refractivity contribution >= 4 is 21.6 Å². The number of halogens is 1. The monoisotopic (exact) mass is 339 g/mol. The number of aryl methyl sites for hydroxylation is 3. The second kappa shape index (κ2) is 5.62. The maximum absolute atomic E-state index is 11.2. The molecule has 6 nitrogen and oxygen atoms in total. The molecule has 0 spiro atoms. The quantitative estimate of drug-likeness (QED) is 0.628. The van der Waals surface area contributed by atoms with Crippen molar-refractivity contribution in [3.05, 3.63) is 44.0 Å². The molecule has 0 atom stereocenters. The van der Waals surface area contributed by atoms with E-state index in [4.69, 9.17) is 4.74 Å². The van der Waals surface area contributed by atoms with Crippen molar-refractivity contribution < 1.29 is 9.66 Å². The Labute approximate surface area is 124 Å². The number of ether oxygens (including phenoxy) is 1. The minimum Gasteiger partial charge on any atom is -0.433 e. The molecule has 7 heteroatoms. The molecule has 20 heavy (non-hydrogen) atoms. The number of hydrogen-bond acceptors (Lipinski definition) is 4. The van der Waals surface area contributed by atoms with Crippen molar-refractivity contribution in [2.75, 3.05) is 0 Å². The second-order valence-electron chi connectivity index (χ2n) is 4.37. The van der Waals surface area contributed by atoms with Crippen LogP contribution in [-0.4, -0.2) is 14.7 Å². The maximum atomic E-state index is 11.2.